The Hall–Kier alpha value is -3.06. The van der Waals surface area contributed by atoms with Crippen LogP contribution in [0.3, 0.4) is 0 Å². The number of morpholine rings is 1. The van der Waals surface area contributed by atoms with Gasteiger partial charge in [0.25, 0.3) is 0 Å². The third-order valence-electron chi connectivity index (χ3n) is 6.37. The summed E-state index contributed by atoms with van der Waals surface area (Å²) in [5.74, 6) is -0.196. The molecule has 0 radical (unpaired) electrons. The van der Waals surface area contributed by atoms with Gasteiger partial charge in [-0.05, 0) is 46.7 Å². The van der Waals surface area contributed by atoms with E-state index in [0.29, 0.717) is 32.8 Å². The van der Waals surface area contributed by atoms with Crippen molar-refractivity contribution >= 4 is 23.3 Å². The van der Waals surface area contributed by atoms with Crippen LogP contribution in [0.5, 0.6) is 0 Å². The zero-order valence-electron chi connectivity index (χ0n) is 19.5. The maximum atomic E-state index is 13.3. The molecule has 2 aromatic rings. The Kier molecular flexibility index (Phi) is 8.41. The van der Waals surface area contributed by atoms with Crippen molar-refractivity contribution in [2.45, 2.75) is 19.4 Å². The van der Waals surface area contributed by atoms with Crippen LogP contribution in [0.1, 0.15) is 28.7 Å². The van der Waals surface area contributed by atoms with Gasteiger partial charge < -0.3 is 14.7 Å². The molecule has 34 heavy (non-hydrogen) atoms. The Morgan fingerprint density at radius 3 is 2.59 bits per heavy atom. The zero-order valence-corrected chi connectivity index (χ0v) is 19.5. The van der Waals surface area contributed by atoms with Gasteiger partial charge in [0.1, 0.15) is 6.61 Å². The lowest BCUT2D eigenvalue weighted by Gasteiger charge is -2.30. The smallest absolute Gasteiger partial charge is 0.237 e. The molecule has 2 aliphatic rings. The van der Waals surface area contributed by atoms with Gasteiger partial charge in [0.05, 0.1) is 19.8 Å². The summed E-state index contributed by atoms with van der Waals surface area (Å²) in [5, 5.41) is 8.86. The third-order valence-corrected chi connectivity index (χ3v) is 6.37. The van der Waals surface area contributed by atoms with Crippen molar-refractivity contribution in [2.75, 3.05) is 46.0 Å². The first-order chi connectivity index (χ1) is 16.6. The van der Waals surface area contributed by atoms with Crippen LogP contribution in [0.2, 0.25) is 0 Å². The van der Waals surface area contributed by atoms with Crippen molar-refractivity contribution in [1.82, 2.24) is 9.80 Å². The Bertz CT molecular complexity index is 1050. The average Bonchev–Trinajstić information content (AvgIpc) is 3.29. The lowest BCUT2D eigenvalue weighted by Crippen LogP contribution is -2.44. The number of ether oxygens (including phenoxy) is 1. The molecule has 1 aliphatic heterocycles. The van der Waals surface area contributed by atoms with Crippen molar-refractivity contribution < 1.29 is 19.4 Å². The lowest BCUT2D eigenvalue weighted by atomic mass is 10.0. The van der Waals surface area contributed by atoms with Crippen LogP contribution in [0.15, 0.2) is 60.7 Å². The third kappa shape index (κ3) is 6.50. The van der Waals surface area contributed by atoms with Crippen molar-refractivity contribution in [3.63, 3.8) is 0 Å². The monoisotopic (exact) mass is 460 g/mol. The molecule has 1 aliphatic carbocycles. The highest BCUT2D eigenvalue weighted by atomic mass is 16.5. The first kappa shape index (κ1) is 24.1. The first-order valence-corrected chi connectivity index (χ1v) is 11.9. The van der Waals surface area contributed by atoms with E-state index in [9.17, 15) is 9.59 Å². The minimum absolute atomic E-state index is 0.131. The topological polar surface area (TPSA) is 70.1 Å². The molecule has 4 rings (SSSR count). The van der Waals surface area contributed by atoms with Gasteiger partial charge >= 0.3 is 0 Å². The van der Waals surface area contributed by atoms with Crippen LogP contribution in [0, 0.1) is 0 Å². The van der Waals surface area contributed by atoms with Crippen molar-refractivity contribution in [1.29, 1.82) is 0 Å². The molecule has 1 fully saturated rings. The molecule has 0 unspecified atom stereocenters. The highest BCUT2D eigenvalue weighted by molar-refractivity contribution is 5.94. The predicted molar refractivity (Wildman–Crippen MR) is 133 cm³/mol. The van der Waals surface area contributed by atoms with E-state index in [1.807, 2.05) is 29.2 Å². The molecule has 6 heteroatoms. The number of carbonyl (C=O) groups excluding carboxylic acids is 2. The summed E-state index contributed by atoms with van der Waals surface area (Å²) in [6.45, 7) is 4.03. The van der Waals surface area contributed by atoms with Crippen LogP contribution in [-0.4, -0.2) is 72.6 Å². The fraction of sp³-hybridized carbons (Fsp3) is 0.357. The molecular formula is C28H32N2O4. The molecule has 0 saturated carbocycles. The van der Waals surface area contributed by atoms with Crippen LogP contribution in [-0.2, 0) is 27.3 Å². The number of nitrogens with zero attached hydrogens (tertiary/aromatic N) is 2. The van der Waals surface area contributed by atoms with E-state index in [0.717, 1.165) is 37.1 Å². The SMILES string of the molecule is O=C(/C=C/c1ccc(CN(CCC2=CCc3ccccc32)C(=O)CN2CCOCC2)cc1)CO. The minimum atomic E-state index is -0.490. The van der Waals surface area contributed by atoms with E-state index in [4.69, 9.17) is 9.84 Å². The molecule has 0 aromatic heterocycles. The van der Waals surface area contributed by atoms with Gasteiger partial charge in [-0.2, -0.15) is 0 Å². The first-order valence-electron chi connectivity index (χ1n) is 11.9. The van der Waals surface area contributed by atoms with Gasteiger partial charge in [0, 0.05) is 26.2 Å². The Morgan fingerprint density at radius 1 is 1.06 bits per heavy atom. The van der Waals surface area contributed by atoms with Crippen LogP contribution >= 0.6 is 0 Å². The van der Waals surface area contributed by atoms with Gasteiger partial charge in [-0.15, -0.1) is 0 Å². The van der Waals surface area contributed by atoms with E-state index in [1.54, 1.807) is 6.08 Å². The normalized spacial score (nSPS) is 15.9. The molecule has 0 atom stereocenters. The highest BCUT2D eigenvalue weighted by Gasteiger charge is 2.21. The standard InChI is InChI=1S/C28H32N2O4/c31-21-26(32)12-9-22-5-7-23(8-6-22)19-30(28(33)20-29-15-17-34-18-16-29)14-13-25-11-10-24-3-1-2-4-27(24)25/h1-9,11-12,31H,10,13-21H2/b12-9+. The van der Waals surface area contributed by atoms with E-state index in [1.165, 1.54) is 22.8 Å². The number of amides is 1. The molecule has 0 spiro atoms. The predicted octanol–water partition coefficient (Wildman–Crippen LogP) is 2.95. The molecule has 1 amide bonds. The Morgan fingerprint density at radius 2 is 1.82 bits per heavy atom. The summed E-state index contributed by atoms with van der Waals surface area (Å²) in [4.78, 5) is 28.7. The maximum Gasteiger partial charge on any atom is 0.237 e. The van der Waals surface area contributed by atoms with E-state index in [-0.39, 0.29) is 11.7 Å². The summed E-state index contributed by atoms with van der Waals surface area (Å²) < 4.78 is 5.42. The quantitative estimate of drug-likeness (QED) is 0.552. The molecule has 0 bridgehead atoms. The number of hydrogen-bond acceptors (Lipinski definition) is 5. The minimum Gasteiger partial charge on any atom is -0.388 e. The van der Waals surface area contributed by atoms with Crippen LogP contribution < -0.4 is 0 Å². The molecule has 1 heterocycles. The lowest BCUT2D eigenvalue weighted by molar-refractivity contribution is -0.134. The average molecular weight is 461 g/mol. The molecular weight excluding hydrogens is 428 g/mol. The second-order valence-electron chi connectivity index (χ2n) is 8.74. The van der Waals surface area contributed by atoms with Gasteiger partial charge in [-0.25, -0.2) is 0 Å². The number of fused-ring (bicyclic) bond motifs is 1. The van der Waals surface area contributed by atoms with Gasteiger partial charge in [0.15, 0.2) is 5.78 Å². The van der Waals surface area contributed by atoms with E-state index >= 15 is 0 Å². The highest BCUT2D eigenvalue weighted by Crippen LogP contribution is 2.29. The fourth-order valence-corrected chi connectivity index (χ4v) is 4.39. The molecule has 178 valence electrons. The molecule has 6 nitrogen and oxygen atoms in total. The number of benzene rings is 2. The summed E-state index contributed by atoms with van der Waals surface area (Å²) in [6, 6.07) is 16.3. The van der Waals surface area contributed by atoms with Crippen molar-refractivity contribution in [3.05, 3.63) is 82.9 Å². The summed E-state index contributed by atoms with van der Waals surface area (Å²) in [5.41, 5.74) is 5.89. The number of allylic oxidation sites excluding steroid dienone is 1. The largest absolute Gasteiger partial charge is 0.388 e. The molecule has 1 saturated heterocycles. The zero-order chi connectivity index (χ0) is 23.8. The fourth-order valence-electron chi connectivity index (χ4n) is 4.39. The second-order valence-corrected chi connectivity index (χ2v) is 8.74. The second kappa shape index (κ2) is 11.9. The van der Waals surface area contributed by atoms with Gasteiger partial charge in [0.2, 0.25) is 5.91 Å². The Balaban J connectivity index is 1.43. The number of ketones is 1. The maximum absolute atomic E-state index is 13.3. The van der Waals surface area contributed by atoms with Crippen LogP contribution in [0.4, 0.5) is 0 Å². The number of carbonyl (C=O) groups is 2. The van der Waals surface area contributed by atoms with Crippen molar-refractivity contribution in [3.8, 4) is 0 Å². The van der Waals surface area contributed by atoms with Gasteiger partial charge in [-0.3, -0.25) is 14.5 Å². The summed E-state index contributed by atoms with van der Waals surface area (Å²) in [6.07, 6.45) is 7.13. The van der Waals surface area contributed by atoms with E-state index < -0.39 is 6.61 Å². The summed E-state index contributed by atoms with van der Waals surface area (Å²) in [7, 11) is 0. The number of aliphatic hydroxyl groups is 1. The van der Waals surface area contributed by atoms with E-state index in [2.05, 4.69) is 35.2 Å². The number of rotatable bonds is 10. The molecule has 1 N–H and O–H groups in total. The van der Waals surface area contributed by atoms with Crippen molar-refractivity contribution in [2.24, 2.45) is 0 Å². The van der Waals surface area contributed by atoms with Gasteiger partial charge in [-0.1, -0.05) is 60.7 Å². The number of hydrogen-bond donors (Lipinski definition) is 1. The van der Waals surface area contributed by atoms with Crippen LogP contribution in [0.25, 0.3) is 11.6 Å². The number of aliphatic hydroxyl groups excluding tert-OH is 1. The molecule has 2 aromatic carbocycles. The Labute approximate surface area is 201 Å². The summed E-state index contributed by atoms with van der Waals surface area (Å²) >= 11 is 0.